The van der Waals surface area contributed by atoms with Gasteiger partial charge >= 0.3 is 5.97 Å². The SMILES string of the molecule is C[C@H](OC(=O)c1ccccc1Cl)C(=O)N[C@H](C)c1ccc(Cl)cc1Cl. The summed E-state index contributed by atoms with van der Waals surface area (Å²) in [5.41, 5.74) is 0.918. The van der Waals surface area contributed by atoms with Crippen molar-refractivity contribution < 1.29 is 14.3 Å². The second-order valence-electron chi connectivity index (χ2n) is 5.42. The van der Waals surface area contributed by atoms with E-state index in [9.17, 15) is 9.59 Å². The Hall–Kier alpha value is -1.75. The maximum Gasteiger partial charge on any atom is 0.340 e. The fourth-order valence-electron chi connectivity index (χ4n) is 2.17. The fraction of sp³-hybridized carbons (Fsp3) is 0.222. The zero-order chi connectivity index (χ0) is 18.6. The lowest BCUT2D eigenvalue weighted by Gasteiger charge is -2.19. The van der Waals surface area contributed by atoms with E-state index in [4.69, 9.17) is 39.5 Å². The van der Waals surface area contributed by atoms with Gasteiger partial charge in [0.2, 0.25) is 0 Å². The smallest absolute Gasteiger partial charge is 0.340 e. The molecular formula is C18H16Cl3NO3. The maximum absolute atomic E-state index is 12.3. The molecule has 2 aromatic rings. The number of carbonyl (C=O) groups is 2. The molecule has 0 saturated heterocycles. The Morgan fingerprint density at radius 2 is 1.68 bits per heavy atom. The molecule has 7 heteroatoms. The van der Waals surface area contributed by atoms with Crippen LogP contribution in [-0.4, -0.2) is 18.0 Å². The Morgan fingerprint density at radius 1 is 1.00 bits per heavy atom. The van der Waals surface area contributed by atoms with Crippen LogP contribution in [-0.2, 0) is 9.53 Å². The third kappa shape index (κ3) is 5.11. The minimum Gasteiger partial charge on any atom is -0.449 e. The lowest BCUT2D eigenvalue weighted by atomic mass is 10.1. The summed E-state index contributed by atoms with van der Waals surface area (Å²) < 4.78 is 5.18. The van der Waals surface area contributed by atoms with Crippen LogP contribution in [0.3, 0.4) is 0 Å². The number of esters is 1. The Labute approximate surface area is 161 Å². The highest BCUT2D eigenvalue weighted by Crippen LogP contribution is 2.26. The fourth-order valence-corrected chi connectivity index (χ4v) is 2.95. The summed E-state index contributed by atoms with van der Waals surface area (Å²) in [7, 11) is 0. The number of ether oxygens (including phenoxy) is 1. The van der Waals surface area contributed by atoms with Crippen molar-refractivity contribution in [1.29, 1.82) is 0 Å². The van der Waals surface area contributed by atoms with E-state index in [2.05, 4.69) is 5.32 Å². The van der Waals surface area contributed by atoms with E-state index in [1.165, 1.54) is 13.0 Å². The van der Waals surface area contributed by atoms with Gasteiger partial charge in [-0.1, -0.05) is 53.0 Å². The first-order chi connectivity index (χ1) is 11.8. The van der Waals surface area contributed by atoms with E-state index >= 15 is 0 Å². The Kier molecular flexibility index (Phi) is 6.71. The Morgan fingerprint density at radius 3 is 2.32 bits per heavy atom. The molecule has 1 amide bonds. The quantitative estimate of drug-likeness (QED) is 0.713. The number of hydrogen-bond acceptors (Lipinski definition) is 3. The highest BCUT2D eigenvalue weighted by molar-refractivity contribution is 6.35. The van der Waals surface area contributed by atoms with Crippen molar-refractivity contribution in [2.45, 2.75) is 26.0 Å². The van der Waals surface area contributed by atoms with Gasteiger partial charge in [0.1, 0.15) is 0 Å². The first-order valence-electron chi connectivity index (χ1n) is 7.50. The zero-order valence-corrected chi connectivity index (χ0v) is 15.8. The first-order valence-corrected chi connectivity index (χ1v) is 8.64. The van der Waals surface area contributed by atoms with Crippen molar-refractivity contribution in [3.8, 4) is 0 Å². The third-order valence-electron chi connectivity index (χ3n) is 3.53. The number of rotatable bonds is 5. The van der Waals surface area contributed by atoms with E-state index in [0.717, 1.165) is 0 Å². The van der Waals surface area contributed by atoms with Crippen LogP contribution in [0.15, 0.2) is 42.5 Å². The van der Waals surface area contributed by atoms with Gasteiger partial charge in [-0.15, -0.1) is 0 Å². The molecule has 132 valence electrons. The van der Waals surface area contributed by atoms with Crippen LogP contribution in [0.2, 0.25) is 15.1 Å². The molecular weight excluding hydrogens is 385 g/mol. The van der Waals surface area contributed by atoms with Crippen molar-refractivity contribution in [2.24, 2.45) is 0 Å². The Balaban J connectivity index is 2.00. The van der Waals surface area contributed by atoms with E-state index in [0.29, 0.717) is 15.6 Å². The van der Waals surface area contributed by atoms with Gasteiger partial charge in [0.15, 0.2) is 6.10 Å². The minimum absolute atomic E-state index is 0.206. The van der Waals surface area contributed by atoms with Crippen LogP contribution in [0, 0.1) is 0 Å². The molecule has 2 rings (SSSR count). The summed E-state index contributed by atoms with van der Waals surface area (Å²) in [6.45, 7) is 3.26. The van der Waals surface area contributed by atoms with Gasteiger partial charge in [-0.25, -0.2) is 4.79 Å². The predicted octanol–water partition coefficient (Wildman–Crippen LogP) is 5.07. The number of carbonyl (C=O) groups excluding carboxylic acids is 2. The van der Waals surface area contributed by atoms with Crippen molar-refractivity contribution in [3.63, 3.8) is 0 Å². The molecule has 0 aliphatic rings. The van der Waals surface area contributed by atoms with Crippen molar-refractivity contribution >= 4 is 46.7 Å². The molecule has 0 radical (unpaired) electrons. The van der Waals surface area contributed by atoms with Crippen LogP contribution in [0.5, 0.6) is 0 Å². The first kappa shape index (κ1) is 19.6. The number of benzene rings is 2. The maximum atomic E-state index is 12.3. The van der Waals surface area contributed by atoms with Gasteiger partial charge < -0.3 is 10.1 Å². The average molecular weight is 401 g/mol. The van der Waals surface area contributed by atoms with E-state index in [-0.39, 0.29) is 16.6 Å². The highest BCUT2D eigenvalue weighted by Gasteiger charge is 2.22. The van der Waals surface area contributed by atoms with Gasteiger partial charge in [0.25, 0.3) is 5.91 Å². The molecule has 0 aromatic heterocycles. The highest BCUT2D eigenvalue weighted by atomic mass is 35.5. The van der Waals surface area contributed by atoms with Crippen molar-refractivity contribution in [2.75, 3.05) is 0 Å². The largest absolute Gasteiger partial charge is 0.449 e. The predicted molar refractivity (Wildman–Crippen MR) is 99.3 cm³/mol. The minimum atomic E-state index is -0.989. The molecule has 0 saturated carbocycles. The molecule has 0 aliphatic heterocycles. The number of nitrogens with one attached hydrogen (secondary N) is 1. The molecule has 4 nitrogen and oxygen atoms in total. The van der Waals surface area contributed by atoms with Gasteiger partial charge in [-0.2, -0.15) is 0 Å². The van der Waals surface area contributed by atoms with Gasteiger partial charge in [-0.3, -0.25) is 4.79 Å². The molecule has 2 atom stereocenters. The second-order valence-corrected chi connectivity index (χ2v) is 6.67. The van der Waals surface area contributed by atoms with Crippen LogP contribution >= 0.6 is 34.8 Å². The molecule has 2 aromatic carbocycles. The molecule has 25 heavy (non-hydrogen) atoms. The van der Waals surface area contributed by atoms with Gasteiger partial charge in [-0.05, 0) is 43.7 Å². The van der Waals surface area contributed by atoms with Crippen LogP contribution < -0.4 is 5.32 Å². The van der Waals surface area contributed by atoms with Gasteiger partial charge in [0.05, 0.1) is 16.6 Å². The molecule has 1 N–H and O–H groups in total. The van der Waals surface area contributed by atoms with Crippen molar-refractivity contribution in [3.05, 3.63) is 68.7 Å². The molecule has 0 bridgehead atoms. The summed E-state index contributed by atoms with van der Waals surface area (Å²) in [4.78, 5) is 24.4. The number of halogens is 3. The summed E-state index contributed by atoms with van der Waals surface area (Å²) >= 11 is 17.9. The average Bonchev–Trinajstić information content (AvgIpc) is 2.54. The third-order valence-corrected chi connectivity index (χ3v) is 4.43. The van der Waals surface area contributed by atoms with E-state index in [1.807, 2.05) is 0 Å². The zero-order valence-electron chi connectivity index (χ0n) is 13.6. The monoisotopic (exact) mass is 399 g/mol. The Bertz CT molecular complexity index is 795. The van der Waals surface area contributed by atoms with E-state index < -0.39 is 18.0 Å². The number of amides is 1. The normalized spacial score (nSPS) is 13.0. The van der Waals surface area contributed by atoms with E-state index in [1.54, 1.807) is 43.3 Å². The topological polar surface area (TPSA) is 55.4 Å². The molecule has 0 heterocycles. The van der Waals surface area contributed by atoms with Crippen LogP contribution in [0.4, 0.5) is 0 Å². The summed E-state index contributed by atoms with van der Waals surface area (Å²) in [5.74, 6) is -1.11. The number of hydrogen-bond donors (Lipinski definition) is 1. The van der Waals surface area contributed by atoms with Crippen molar-refractivity contribution in [1.82, 2.24) is 5.32 Å². The van der Waals surface area contributed by atoms with Crippen LogP contribution in [0.1, 0.15) is 35.8 Å². The summed E-state index contributed by atoms with van der Waals surface area (Å²) in [6.07, 6.45) is -0.989. The molecule has 0 aliphatic carbocycles. The molecule has 0 spiro atoms. The lowest BCUT2D eigenvalue weighted by Crippen LogP contribution is -2.37. The standard InChI is InChI=1S/C18H16Cl3NO3/c1-10(13-8-7-12(19)9-16(13)21)22-17(23)11(2)25-18(24)14-5-3-4-6-15(14)20/h3-11H,1-2H3,(H,22,23)/t10-,11+/m1/s1. The second kappa shape index (κ2) is 8.56. The van der Waals surface area contributed by atoms with Crippen LogP contribution in [0.25, 0.3) is 0 Å². The summed E-state index contributed by atoms with van der Waals surface area (Å²) in [5, 5.41) is 3.97. The van der Waals surface area contributed by atoms with Gasteiger partial charge in [0, 0.05) is 10.0 Å². The molecule has 0 fully saturated rings. The summed E-state index contributed by atoms with van der Waals surface area (Å²) in [6, 6.07) is 11.1. The lowest BCUT2D eigenvalue weighted by molar-refractivity contribution is -0.129. The molecule has 0 unspecified atom stereocenters.